The lowest BCUT2D eigenvalue weighted by molar-refractivity contribution is -0.146. The van der Waals surface area contributed by atoms with Crippen LogP contribution in [0, 0.1) is 0 Å². The summed E-state index contributed by atoms with van der Waals surface area (Å²) in [6.45, 7) is 0.866. The fourth-order valence-electron chi connectivity index (χ4n) is 3.71. The fraction of sp³-hybridized carbons (Fsp3) is 0.368. The van der Waals surface area contributed by atoms with Gasteiger partial charge in [-0.2, -0.15) is 32.8 Å². The molecule has 4 heterocycles. The van der Waals surface area contributed by atoms with E-state index in [1.807, 2.05) is 29.2 Å². The minimum atomic E-state index is -4.20. The van der Waals surface area contributed by atoms with Gasteiger partial charge in [0.15, 0.2) is 5.65 Å². The van der Waals surface area contributed by atoms with Crippen molar-refractivity contribution in [2.75, 3.05) is 42.9 Å². The molecule has 1 fully saturated rings. The van der Waals surface area contributed by atoms with Gasteiger partial charge in [0.25, 0.3) is 0 Å². The molecule has 0 spiro atoms. The summed E-state index contributed by atoms with van der Waals surface area (Å²) in [4.78, 5) is 20.3. The lowest BCUT2D eigenvalue weighted by Gasteiger charge is -2.35. The number of fused-ring (bicyclic) bond motifs is 2. The summed E-state index contributed by atoms with van der Waals surface area (Å²) < 4.78 is 40.3. The number of aromatic amines is 1. The van der Waals surface area contributed by atoms with Crippen molar-refractivity contribution < 1.29 is 13.2 Å². The normalized spacial score (nSPS) is 15.7. The predicted octanol–water partition coefficient (Wildman–Crippen LogP) is 3.06. The minimum absolute atomic E-state index is 0.288. The largest absolute Gasteiger partial charge is 0.401 e. The summed E-state index contributed by atoms with van der Waals surface area (Å²) >= 11 is 3.45. The summed E-state index contributed by atoms with van der Waals surface area (Å²) in [7, 11) is 0. The van der Waals surface area contributed by atoms with Gasteiger partial charge in [0.1, 0.15) is 5.82 Å². The predicted molar refractivity (Wildman–Crippen MR) is 117 cm³/mol. The second-order valence-corrected chi connectivity index (χ2v) is 8.36. The Kier molecular flexibility index (Phi) is 5.37. The first-order chi connectivity index (χ1) is 15.4. The van der Waals surface area contributed by atoms with Gasteiger partial charge in [0.2, 0.25) is 11.9 Å². The monoisotopic (exact) mass is 509 g/mol. The first-order valence-corrected chi connectivity index (χ1v) is 10.8. The standard InChI is InChI=1S/C19H19BrF3N9/c20-12-9-25-32-16(12)28-18(31-7-5-30(6-8-31)11-19(21,22)23)29-17(32)24-10-15-26-13-3-1-2-4-14(13)27-15/h1-4,9H,5-8,10-11H2,(H,26,27)(H,24,28,29). The van der Waals surface area contributed by atoms with Crippen molar-refractivity contribution in [1.29, 1.82) is 0 Å². The summed E-state index contributed by atoms with van der Waals surface area (Å²) in [5.41, 5.74) is 2.38. The molecule has 1 saturated heterocycles. The molecule has 3 aromatic heterocycles. The Morgan fingerprint density at radius 2 is 1.84 bits per heavy atom. The molecular formula is C19H19BrF3N9. The highest BCUT2D eigenvalue weighted by Gasteiger charge is 2.32. The summed E-state index contributed by atoms with van der Waals surface area (Å²) in [6, 6.07) is 7.75. The van der Waals surface area contributed by atoms with E-state index in [2.05, 4.69) is 46.3 Å². The third-order valence-corrected chi connectivity index (χ3v) is 5.78. The zero-order valence-electron chi connectivity index (χ0n) is 16.8. The zero-order valence-corrected chi connectivity index (χ0v) is 18.4. The quantitative estimate of drug-likeness (QED) is 0.427. The van der Waals surface area contributed by atoms with E-state index < -0.39 is 12.7 Å². The molecule has 4 aromatic rings. The second-order valence-electron chi connectivity index (χ2n) is 7.51. The van der Waals surface area contributed by atoms with Crippen molar-refractivity contribution in [1.82, 2.24) is 34.4 Å². The number of anilines is 2. The van der Waals surface area contributed by atoms with Crippen molar-refractivity contribution in [3.63, 3.8) is 0 Å². The first-order valence-electron chi connectivity index (χ1n) is 9.98. The van der Waals surface area contributed by atoms with Crippen LogP contribution in [-0.2, 0) is 6.54 Å². The maximum absolute atomic E-state index is 12.7. The van der Waals surface area contributed by atoms with Crippen LogP contribution in [0.2, 0.25) is 0 Å². The van der Waals surface area contributed by atoms with E-state index in [1.165, 1.54) is 4.90 Å². The Bertz CT molecular complexity index is 1210. The van der Waals surface area contributed by atoms with E-state index in [-0.39, 0.29) is 13.1 Å². The highest BCUT2D eigenvalue weighted by molar-refractivity contribution is 9.10. The van der Waals surface area contributed by atoms with Crippen LogP contribution in [0.25, 0.3) is 16.7 Å². The van der Waals surface area contributed by atoms with Gasteiger partial charge in [0.05, 0.1) is 34.8 Å². The molecule has 5 rings (SSSR count). The Hall–Kier alpha value is -2.93. The van der Waals surface area contributed by atoms with Gasteiger partial charge in [-0.15, -0.1) is 0 Å². The number of nitrogens with zero attached hydrogens (tertiary/aromatic N) is 7. The lowest BCUT2D eigenvalue weighted by atomic mass is 10.3. The summed E-state index contributed by atoms with van der Waals surface area (Å²) in [6.07, 6.45) is -2.57. The molecule has 13 heteroatoms. The molecule has 1 aromatic carbocycles. The molecule has 0 saturated carbocycles. The highest BCUT2D eigenvalue weighted by Crippen LogP contribution is 2.23. The number of piperazine rings is 1. The average Bonchev–Trinajstić information content (AvgIpc) is 3.35. The zero-order chi connectivity index (χ0) is 22.3. The van der Waals surface area contributed by atoms with Crippen LogP contribution in [0.3, 0.4) is 0 Å². The van der Waals surface area contributed by atoms with Crippen molar-refractivity contribution >= 4 is 44.5 Å². The van der Waals surface area contributed by atoms with Gasteiger partial charge < -0.3 is 15.2 Å². The number of rotatable bonds is 5. The molecule has 0 radical (unpaired) electrons. The van der Waals surface area contributed by atoms with Crippen LogP contribution in [-0.4, -0.2) is 73.3 Å². The number of alkyl halides is 3. The fourth-order valence-corrected chi connectivity index (χ4v) is 4.06. The summed E-state index contributed by atoms with van der Waals surface area (Å²) in [5, 5.41) is 7.56. The van der Waals surface area contributed by atoms with Gasteiger partial charge >= 0.3 is 6.18 Å². The molecule has 0 bridgehead atoms. The molecule has 9 nitrogen and oxygen atoms in total. The van der Waals surface area contributed by atoms with E-state index in [1.54, 1.807) is 10.7 Å². The Morgan fingerprint density at radius 1 is 1.06 bits per heavy atom. The molecule has 0 amide bonds. The van der Waals surface area contributed by atoms with Gasteiger partial charge in [-0.25, -0.2) is 4.98 Å². The molecule has 32 heavy (non-hydrogen) atoms. The number of benzene rings is 1. The van der Waals surface area contributed by atoms with Crippen LogP contribution >= 0.6 is 15.9 Å². The Balaban J connectivity index is 1.36. The molecular weight excluding hydrogens is 491 g/mol. The van der Waals surface area contributed by atoms with Crippen LogP contribution in [0.4, 0.5) is 25.1 Å². The number of aromatic nitrogens is 6. The number of para-hydroxylation sites is 2. The number of nitrogens with one attached hydrogen (secondary N) is 2. The van der Waals surface area contributed by atoms with Crippen molar-refractivity contribution in [3.05, 3.63) is 40.8 Å². The average molecular weight is 510 g/mol. The number of hydrogen-bond donors (Lipinski definition) is 2. The molecule has 1 aliphatic heterocycles. The third-order valence-electron chi connectivity index (χ3n) is 5.22. The smallest absolute Gasteiger partial charge is 0.347 e. The SMILES string of the molecule is FC(F)(F)CN1CCN(c2nc(NCc3nc4ccccc4[nH]3)n3ncc(Br)c3n2)CC1. The highest BCUT2D eigenvalue weighted by atomic mass is 79.9. The lowest BCUT2D eigenvalue weighted by Crippen LogP contribution is -2.49. The number of halogens is 4. The van der Waals surface area contributed by atoms with Crippen LogP contribution in [0.15, 0.2) is 34.9 Å². The molecule has 2 N–H and O–H groups in total. The number of H-pyrrole nitrogens is 1. The van der Waals surface area contributed by atoms with Gasteiger partial charge in [-0.05, 0) is 28.1 Å². The van der Waals surface area contributed by atoms with Crippen molar-refractivity contribution in [2.45, 2.75) is 12.7 Å². The molecule has 1 aliphatic rings. The van der Waals surface area contributed by atoms with E-state index >= 15 is 0 Å². The van der Waals surface area contributed by atoms with E-state index in [4.69, 9.17) is 0 Å². The van der Waals surface area contributed by atoms with E-state index in [0.717, 1.165) is 16.9 Å². The van der Waals surface area contributed by atoms with E-state index in [9.17, 15) is 13.2 Å². The van der Waals surface area contributed by atoms with Gasteiger partial charge in [0, 0.05) is 26.2 Å². The molecule has 0 aliphatic carbocycles. The van der Waals surface area contributed by atoms with Gasteiger partial charge in [-0.3, -0.25) is 4.90 Å². The molecule has 168 valence electrons. The maximum Gasteiger partial charge on any atom is 0.401 e. The molecule has 0 atom stereocenters. The van der Waals surface area contributed by atoms with Crippen LogP contribution in [0.1, 0.15) is 5.82 Å². The molecule has 0 unspecified atom stereocenters. The topological polar surface area (TPSA) is 90.3 Å². The summed E-state index contributed by atoms with van der Waals surface area (Å²) in [5.74, 6) is 1.65. The third kappa shape index (κ3) is 4.35. The van der Waals surface area contributed by atoms with Crippen molar-refractivity contribution in [2.24, 2.45) is 0 Å². The first kappa shape index (κ1) is 20.9. The number of hydrogen-bond acceptors (Lipinski definition) is 7. The maximum atomic E-state index is 12.7. The van der Waals surface area contributed by atoms with Crippen LogP contribution < -0.4 is 10.2 Å². The van der Waals surface area contributed by atoms with Crippen LogP contribution in [0.5, 0.6) is 0 Å². The minimum Gasteiger partial charge on any atom is -0.347 e. The Morgan fingerprint density at radius 3 is 2.59 bits per heavy atom. The van der Waals surface area contributed by atoms with Crippen molar-refractivity contribution in [3.8, 4) is 0 Å². The van der Waals surface area contributed by atoms with E-state index in [0.29, 0.717) is 41.7 Å². The van der Waals surface area contributed by atoms with Gasteiger partial charge in [-0.1, -0.05) is 12.1 Å². The Labute approximate surface area is 188 Å². The second kappa shape index (κ2) is 8.20. The number of imidazole rings is 1.